The zero-order chi connectivity index (χ0) is 29.4. The molecule has 3 aromatic rings. The lowest BCUT2D eigenvalue weighted by Gasteiger charge is -2.36. The molecule has 2 saturated heterocycles. The van der Waals surface area contributed by atoms with Crippen molar-refractivity contribution in [2.75, 3.05) is 67.2 Å². The molecule has 2 fully saturated rings. The van der Waals surface area contributed by atoms with Gasteiger partial charge in [-0.05, 0) is 41.5 Å². The summed E-state index contributed by atoms with van der Waals surface area (Å²) in [5.41, 5.74) is 0.536. The van der Waals surface area contributed by atoms with Gasteiger partial charge in [0.25, 0.3) is 0 Å². The van der Waals surface area contributed by atoms with Crippen molar-refractivity contribution in [3.8, 4) is 11.3 Å². The van der Waals surface area contributed by atoms with E-state index >= 15 is 0 Å². The minimum absolute atomic E-state index is 0.0345. The molecule has 41 heavy (non-hydrogen) atoms. The van der Waals surface area contributed by atoms with Crippen molar-refractivity contribution in [1.82, 2.24) is 19.9 Å². The molecular formula is C30H43N7O4. The average Bonchev–Trinajstić information content (AvgIpc) is 2.90. The van der Waals surface area contributed by atoms with E-state index < -0.39 is 11.2 Å². The maximum absolute atomic E-state index is 10.9. The van der Waals surface area contributed by atoms with E-state index in [1.165, 1.54) is 0 Å². The second kappa shape index (κ2) is 11.6. The highest BCUT2D eigenvalue weighted by Gasteiger charge is 2.31. The van der Waals surface area contributed by atoms with Crippen LogP contribution in [0.2, 0.25) is 0 Å². The first-order valence-electron chi connectivity index (χ1n) is 14.4. The molecule has 4 heterocycles. The molecule has 0 saturated carbocycles. The Kier molecular flexibility index (Phi) is 8.34. The molecule has 0 radical (unpaired) electrons. The number of aliphatic hydroxyl groups is 2. The smallest absolute Gasteiger partial charge is 0.229 e. The van der Waals surface area contributed by atoms with E-state index in [1.807, 2.05) is 42.2 Å². The highest BCUT2D eigenvalue weighted by Crippen LogP contribution is 2.35. The Balaban J connectivity index is 1.75. The van der Waals surface area contributed by atoms with Crippen molar-refractivity contribution in [2.45, 2.75) is 65.0 Å². The summed E-state index contributed by atoms with van der Waals surface area (Å²) in [6.07, 6.45) is 0.0950. The van der Waals surface area contributed by atoms with Crippen molar-refractivity contribution in [1.29, 1.82) is 0 Å². The number of morpholine rings is 2. The first-order valence-corrected chi connectivity index (χ1v) is 14.4. The topological polar surface area (TPSA) is 120 Å². The van der Waals surface area contributed by atoms with Gasteiger partial charge in [-0.15, -0.1) is 0 Å². The summed E-state index contributed by atoms with van der Waals surface area (Å²) < 4.78 is 11.6. The summed E-state index contributed by atoms with van der Waals surface area (Å²) >= 11 is 0. The maximum Gasteiger partial charge on any atom is 0.229 e. The van der Waals surface area contributed by atoms with Crippen LogP contribution in [0.25, 0.3) is 22.4 Å². The predicted molar refractivity (Wildman–Crippen MR) is 161 cm³/mol. The zero-order valence-electron chi connectivity index (χ0n) is 25.0. The lowest BCUT2D eigenvalue weighted by atomic mass is 10.1. The van der Waals surface area contributed by atoms with Gasteiger partial charge < -0.3 is 34.4 Å². The van der Waals surface area contributed by atoms with E-state index in [1.54, 1.807) is 27.7 Å². The van der Waals surface area contributed by atoms with Gasteiger partial charge in [-0.3, -0.25) is 0 Å². The van der Waals surface area contributed by atoms with Crippen LogP contribution in [0.3, 0.4) is 0 Å². The van der Waals surface area contributed by atoms with Crippen LogP contribution in [0.15, 0.2) is 30.3 Å². The number of rotatable bonds is 8. The standard InChI is InChI=1S/C30H43N7O4/c1-20-16-35(12-14-40-20)26-23(22-10-8-7-9-11-22)31-24-25(32-26)33-28(36-13-15-41-21(2)17-36)34-27(24)37(18-29(3,4)38)19-30(5,6)39/h7-11,20-21,38-39H,12-19H2,1-6H3. The number of anilines is 3. The van der Waals surface area contributed by atoms with Gasteiger partial charge >= 0.3 is 0 Å². The number of ether oxygens (including phenoxy) is 2. The second-order valence-corrected chi connectivity index (χ2v) is 12.5. The lowest BCUT2D eigenvalue weighted by molar-refractivity contribution is 0.0526. The highest BCUT2D eigenvalue weighted by atomic mass is 16.5. The molecule has 0 spiro atoms. The van der Waals surface area contributed by atoms with Crippen LogP contribution in [0.5, 0.6) is 0 Å². The molecule has 1 aromatic carbocycles. The normalized spacial score (nSPS) is 20.5. The Labute approximate surface area is 242 Å². The van der Waals surface area contributed by atoms with E-state index in [-0.39, 0.29) is 25.3 Å². The number of benzene rings is 1. The van der Waals surface area contributed by atoms with Crippen LogP contribution in [-0.4, -0.2) is 106 Å². The average molecular weight is 566 g/mol. The van der Waals surface area contributed by atoms with E-state index in [0.717, 1.165) is 17.1 Å². The Morgan fingerprint density at radius 3 is 2.00 bits per heavy atom. The van der Waals surface area contributed by atoms with Crippen molar-refractivity contribution < 1.29 is 19.7 Å². The third kappa shape index (κ3) is 7.21. The molecule has 2 aliphatic rings. The van der Waals surface area contributed by atoms with Gasteiger partial charge in [0.1, 0.15) is 5.69 Å². The lowest BCUT2D eigenvalue weighted by Crippen LogP contribution is -2.47. The van der Waals surface area contributed by atoms with Crippen molar-refractivity contribution in [3.05, 3.63) is 30.3 Å². The fourth-order valence-electron chi connectivity index (χ4n) is 5.44. The van der Waals surface area contributed by atoms with Gasteiger partial charge in [0.2, 0.25) is 5.95 Å². The number of fused-ring (bicyclic) bond motifs is 1. The molecule has 2 N–H and O–H groups in total. The molecule has 2 aliphatic heterocycles. The minimum Gasteiger partial charge on any atom is -0.389 e. The summed E-state index contributed by atoms with van der Waals surface area (Å²) in [6.45, 7) is 15.4. The Morgan fingerprint density at radius 2 is 1.41 bits per heavy atom. The van der Waals surface area contributed by atoms with Crippen LogP contribution in [0.1, 0.15) is 41.5 Å². The maximum atomic E-state index is 10.9. The highest BCUT2D eigenvalue weighted by molar-refractivity contribution is 5.89. The van der Waals surface area contributed by atoms with E-state index in [0.29, 0.717) is 62.3 Å². The summed E-state index contributed by atoms with van der Waals surface area (Å²) in [5, 5.41) is 21.8. The van der Waals surface area contributed by atoms with Gasteiger partial charge in [-0.2, -0.15) is 9.97 Å². The van der Waals surface area contributed by atoms with E-state index in [4.69, 9.17) is 29.4 Å². The molecule has 5 rings (SSSR count). The molecule has 11 nitrogen and oxygen atoms in total. The Hall–Kier alpha value is -3.12. The molecule has 2 unspecified atom stereocenters. The number of hydrogen-bond donors (Lipinski definition) is 2. The van der Waals surface area contributed by atoms with Crippen molar-refractivity contribution >= 4 is 28.7 Å². The van der Waals surface area contributed by atoms with Crippen molar-refractivity contribution in [3.63, 3.8) is 0 Å². The minimum atomic E-state index is -1.06. The van der Waals surface area contributed by atoms with Crippen LogP contribution in [0, 0.1) is 0 Å². The fourth-order valence-corrected chi connectivity index (χ4v) is 5.44. The molecular weight excluding hydrogens is 522 g/mol. The number of aromatic nitrogens is 4. The number of nitrogens with zero attached hydrogens (tertiary/aromatic N) is 7. The van der Waals surface area contributed by atoms with Gasteiger partial charge in [0.05, 0.1) is 36.6 Å². The monoisotopic (exact) mass is 565 g/mol. The zero-order valence-corrected chi connectivity index (χ0v) is 25.0. The van der Waals surface area contributed by atoms with Crippen molar-refractivity contribution in [2.24, 2.45) is 0 Å². The fraction of sp³-hybridized carbons (Fsp3) is 0.600. The predicted octanol–water partition coefficient (Wildman–Crippen LogP) is 2.89. The summed E-state index contributed by atoms with van der Waals surface area (Å²) in [6, 6.07) is 10.0. The molecule has 2 aromatic heterocycles. The van der Waals surface area contributed by atoms with Gasteiger partial charge in [0.15, 0.2) is 22.8 Å². The molecule has 0 bridgehead atoms. The van der Waals surface area contributed by atoms with E-state index in [2.05, 4.69) is 16.7 Å². The third-order valence-electron chi connectivity index (χ3n) is 7.05. The summed E-state index contributed by atoms with van der Waals surface area (Å²) in [4.78, 5) is 26.6. The van der Waals surface area contributed by atoms with Gasteiger partial charge in [-0.25, -0.2) is 9.97 Å². The van der Waals surface area contributed by atoms with Gasteiger partial charge in [0, 0.05) is 44.8 Å². The molecule has 2 atom stereocenters. The molecule has 222 valence electrons. The summed E-state index contributed by atoms with van der Waals surface area (Å²) in [7, 11) is 0. The molecule has 0 amide bonds. The van der Waals surface area contributed by atoms with Gasteiger partial charge in [-0.1, -0.05) is 30.3 Å². The molecule has 0 aliphatic carbocycles. The first-order chi connectivity index (χ1) is 19.4. The van der Waals surface area contributed by atoms with Crippen LogP contribution in [-0.2, 0) is 9.47 Å². The third-order valence-corrected chi connectivity index (χ3v) is 7.05. The van der Waals surface area contributed by atoms with Crippen LogP contribution >= 0.6 is 0 Å². The largest absolute Gasteiger partial charge is 0.389 e. The molecule has 11 heteroatoms. The van der Waals surface area contributed by atoms with Crippen LogP contribution in [0.4, 0.5) is 17.6 Å². The van der Waals surface area contributed by atoms with E-state index in [9.17, 15) is 10.2 Å². The number of hydrogen-bond acceptors (Lipinski definition) is 11. The Morgan fingerprint density at radius 1 is 0.829 bits per heavy atom. The quantitative estimate of drug-likeness (QED) is 0.419. The summed E-state index contributed by atoms with van der Waals surface area (Å²) in [5.74, 6) is 1.81. The van der Waals surface area contributed by atoms with Crippen LogP contribution < -0.4 is 14.7 Å². The Bertz CT molecular complexity index is 1330. The second-order valence-electron chi connectivity index (χ2n) is 12.5. The SMILES string of the molecule is CC1CN(c2nc(N(CC(C)(C)O)CC(C)(C)O)c3nc(-c4ccccc4)c(N4CCOC(C)C4)nc3n2)CCO1. The first kappa shape index (κ1) is 29.4.